The standard InChI is InChI=1S/C14H23N5O2/c1-11(2)7-8-17-14(15)18-10-9-16-12-5-3-4-6-13(12)19(20)21/h3-6,11,16H,7-10H2,1-2H3,(H3,15,17,18). The van der Waals surface area contributed by atoms with Crippen molar-refractivity contribution in [2.24, 2.45) is 16.6 Å². The van der Waals surface area contributed by atoms with Crippen LogP contribution in [0, 0.1) is 16.0 Å². The number of nitro benzene ring substituents is 1. The summed E-state index contributed by atoms with van der Waals surface area (Å²) in [4.78, 5) is 14.6. The van der Waals surface area contributed by atoms with Gasteiger partial charge in [0.1, 0.15) is 5.69 Å². The Morgan fingerprint density at radius 2 is 2.10 bits per heavy atom. The number of hydrogen-bond donors (Lipinski definition) is 3. The summed E-state index contributed by atoms with van der Waals surface area (Å²) >= 11 is 0. The predicted molar refractivity (Wildman–Crippen MR) is 85.5 cm³/mol. The van der Waals surface area contributed by atoms with Crippen molar-refractivity contribution in [2.75, 3.05) is 25.0 Å². The molecule has 1 aromatic carbocycles. The van der Waals surface area contributed by atoms with E-state index in [1.54, 1.807) is 18.2 Å². The SMILES string of the molecule is CC(C)CCN=C(N)NCCNc1ccccc1[N+](=O)[O-]. The first-order chi connectivity index (χ1) is 10.0. The molecule has 4 N–H and O–H groups in total. The summed E-state index contributed by atoms with van der Waals surface area (Å²) in [6.45, 7) is 6.04. The molecule has 0 amide bonds. The quantitative estimate of drug-likeness (QED) is 0.223. The molecule has 0 fully saturated rings. The van der Waals surface area contributed by atoms with E-state index in [0.29, 0.717) is 37.2 Å². The van der Waals surface area contributed by atoms with Crippen molar-refractivity contribution < 1.29 is 4.92 Å². The molecule has 1 aromatic rings. The molecule has 0 aromatic heterocycles. The third kappa shape index (κ3) is 6.60. The number of guanidine groups is 1. The molecule has 21 heavy (non-hydrogen) atoms. The smallest absolute Gasteiger partial charge is 0.292 e. The number of nitrogens with one attached hydrogen (secondary N) is 2. The maximum absolute atomic E-state index is 10.8. The molecular formula is C14H23N5O2. The monoisotopic (exact) mass is 293 g/mol. The van der Waals surface area contributed by atoms with Gasteiger partial charge in [-0.05, 0) is 18.4 Å². The van der Waals surface area contributed by atoms with E-state index in [4.69, 9.17) is 5.73 Å². The summed E-state index contributed by atoms with van der Waals surface area (Å²) < 4.78 is 0. The Hall–Kier alpha value is -2.31. The molecule has 0 aliphatic carbocycles. The highest BCUT2D eigenvalue weighted by atomic mass is 16.6. The summed E-state index contributed by atoms with van der Waals surface area (Å²) in [6.07, 6.45) is 0.997. The van der Waals surface area contributed by atoms with Gasteiger partial charge in [-0.25, -0.2) is 0 Å². The van der Waals surface area contributed by atoms with Crippen molar-refractivity contribution in [2.45, 2.75) is 20.3 Å². The fourth-order valence-corrected chi connectivity index (χ4v) is 1.67. The van der Waals surface area contributed by atoms with Crippen LogP contribution < -0.4 is 16.4 Å². The van der Waals surface area contributed by atoms with Crippen molar-refractivity contribution in [3.8, 4) is 0 Å². The Morgan fingerprint density at radius 3 is 2.76 bits per heavy atom. The molecule has 0 heterocycles. The Kier molecular flexibility index (Phi) is 7.00. The first kappa shape index (κ1) is 16.7. The van der Waals surface area contributed by atoms with Gasteiger partial charge < -0.3 is 16.4 Å². The minimum Gasteiger partial charge on any atom is -0.378 e. The lowest BCUT2D eigenvalue weighted by Gasteiger charge is -2.09. The summed E-state index contributed by atoms with van der Waals surface area (Å²) in [5.41, 5.74) is 6.29. The highest BCUT2D eigenvalue weighted by Gasteiger charge is 2.10. The number of nitrogens with two attached hydrogens (primary N) is 1. The van der Waals surface area contributed by atoms with Crippen LogP contribution in [0.25, 0.3) is 0 Å². The van der Waals surface area contributed by atoms with Gasteiger partial charge in [-0.3, -0.25) is 15.1 Å². The first-order valence-corrected chi connectivity index (χ1v) is 7.01. The number of rotatable bonds is 8. The van der Waals surface area contributed by atoms with Gasteiger partial charge in [-0.15, -0.1) is 0 Å². The largest absolute Gasteiger partial charge is 0.378 e. The van der Waals surface area contributed by atoms with Gasteiger partial charge in [0.25, 0.3) is 5.69 Å². The van der Waals surface area contributed by atoms with Crippen LogP contribution >= 0.6 is 0 Å². The molecule has 0 atom stereocenters. The van der Waals surface area contributed by atoms with Crippen LogP contribution in [0.4, 0.5) is 11.4 Å². The number of para-hydroxylation sites is 2. The summed E-state index contributed by atoms with van der Waals surface area (Å²) in [5, 5.41) is 16.8. The Labute approximate surface area is 124 Å². The summed E-state index contributed by atoms with van der Waals surface area (Å²) in [5.74, 6) is 1.00. The molecule has 0 aliphatic rings. The minimum atomic E-state index is -0.405. The molecule has 0 radical (unpaired) electrons. The van der Waals surface area contributed by atoms with Crippen LogP contribution in [-0.4, -0.2) is 30.5 Å². The van der Waals surface area contributed by atoms with Crippen LogP contribution in [0.3, 0.4) is 0 Å². The van der Waals surface area contributed by atoms with Crippen molar-refractivity contribution in [1.82, 2.24) is 5.32 Å². The molecule has 116 valence electrons. The Balaban J connectivity index is 2.33. The lowest BCUT2D eigenvalue weighted by molar-refractivity contribution is -0.384. The highest BCUT2D eigenvalue weighted by molar-refractivity contribution is 5.77. The highest BCUT2D eigenvalue weighted by Crippen LogP contribution is 2.22. The zero-order valence-electron chi connectivity index (χ0n) is 12.5. The average Bonchev–Trinajstić information content (AvgIpc) is 2.43. The van der Waals surface area contributed by atoms with Gasteiger partial charge in [0, 0.05) is 25.7 Å². The molecule has 0 spiro atoms. The molecule has 1 rings (SSSR count). The lowest BCUT2D eigenvalue weighted by Crippen LogP contribution is -2.35. The zero-order chi connectivity index (χ0) is 15.7. The van der Waals surface area contributed by atoms with Gasteiger partial charge in [0.2, 0.25) is 0 Å². The summed E-state index contributed by atoms with van der Waals surface area (Å²) in [6, 6.07) is 6.54. The first-order valence-electron chi connectivity index (χ1n) is 7.01. The van der Waals surface area contributed by atoms with Crippen molar-refractivity contribution >= 4 is 17.3 Å². The van der Waals surface area contributed by atoms with Gasteiger partial charge in [-0.1, -0.05) is 26.0 Å². The van der Waals surface area contributed by atoms with Crippen LogP contribution in [0.1, 0.15) is 20.3 Å². The Morgan fingerprint density at radius 1 is 1.38 bits per heavy atom. The van der Waals surface area contributed by atoms with Crippen molar-refractivity contribution in [1.29, 1.82) is 0 Å². The van der Waals surface area contributed by atoms with Crippen LogP contribution in [0.2, 0.25) is 0 Å². The number of benzene rings is 1. The second kappa shape index (κ2) is 8.78. The van der Waals surface area contributed by atoms with Crippen LogP contribution in [0.15, 0.2) is 29.3 Å². The third-order valence-corrected chi connectivity index (χ3v) is 2.84. The van der Waals surface area contributed by atoms with E-state index < -0.39 is 4.92 Å². The average molecular weight is 293 g/mol. The number of aliphatic imine (C=N–C) groups is 1. The van der Waals surface area contributed by atoms with E-state index >= 15 is 0 Å². The zero-order valence-corrected chi connectivity index (χ0v) is 12.5. The normalized spacial score (nSPS) is 11.5. The minimum absolute atomic E-state index is 0.0658. The van der Waals surface area contributed by atoms with E-state index in [9.17, 15) is 10.1 Å². The maximum atomic E-state index is 10.8. The molecule has 0 bridgehead atoms. The van der Waals surface area contributed by atoms with Gasteiger partial charge >= 0.3 is 0 Å². The van der Waals surface area contributed by atoms with Gasteiger partial charge in [0.15, 0.2) is 5.96 Å². The lowest BCUT2D eigenvalue weighted by atomic mass is 10.1. The molecule has 0 saturated heterocycles. The van der Waals surface area contributed by atoms with Gasteiger partial charge in [0.05, 0.1) is 4.92 Å². The maximum Gasteiger partial charge on any atom is 0.292 e. The van der Waals surface area contributed by atoms with E-state index in [1.807, 2.05) is 0 Å². The molecule has 0 aliphatic heterocycles. The predicted octanol–water partition coefficient (Wildman–Crippen LogP) is 1.96. The third-order valence-electron chi connectivity index (χ3n) is 2.84. The van der Waals surface area contributed by atoms with E-state index in [0.717, 1.165) is 6.42 Å². The number of anilines is 1. The van der Waals surface area contributed by atoms with E-state index in [-0.39, 0.29) is 5.69 Å². The van der Waals surface area contributed by atoms with Crippen LogP contribution in [0.5, 0.6) is 0 Å². The van der Waals surface area contributed by atoms with Crippen molar-refractivity contribution in [3.63, 3.8) is 0 Å². The summed E-state index contributed by atoms with van der Waals surface area (Å²) in [7, 11) is 0. The molecular weight excluding hydrogens is 270 g/mol. The van der Waals surface area contributed by atoms with Crippen LogP contribution in [-0.2, 0) is 0 Å². The van der Waals surface area contributed by atoms with E-state index in [1.165, 1.54) is 6.07 Å². The number of nitro groups is 1. The molecule has 0 unspecified atom stereocenters. The second-order valence-electron chi connectivity index (χ2n) is 5.08. The van der Waals surface area contributed by atoms with Crippen molar-refractivity contribution in [3.05, 3.63) is 34.4 Å². The fourth-order valence-electron chi connectivity index (χ4n) is 1.67. The number of hydrogen-bond acceptors (Lipinski definition) is 4. The molecule has 7 heteroatoms. The van der Waals surface area contributed by atoms with Gasteiger partial charge in [-0.2, -0.15) is 0 Å². The fraction of sp³-hybridized carbons (Fsp3) is 0.500. The second-order valence-corrected chi connectivity index (χ2v) is 5.08. The molecule has 7 nitrogen and oxygen atoms in total. The molecule has 0 saturated carbocycles. The topological polar surface area (TPSA) is 106 Å². The van der Waals surface area contributed by atoms with E-state index in [2.05, 4.69) is 29.5 Å². The number of nitrogens with zero attached hydrogens (tertiary/aromatic N) is 2. The Bertz CT molecular complexity index is 488.